The molecular weight excluding hydrogens is 224 g/mol. The molecule has 1 fully saturated rings. The van der Waals surface area contributed by atoms with Gasteiger partial charge in [-0.05, 0) is 45.8 Å². The van der Waals surface area contributed by atoms with Crippen LogP contribution in [0.3, 0.4) is 0 Å². The molecule has 0 aliphatic carbocycles. The van der Waals surface area contributed by atoms with Crippen LogP contribution in [0.4, 0.5) is 0 Å². The van der Waals surface area contributed by atoms with Crippen LogP contribution in [0.5, 0.6) is 0 Å². The summed E-state index contributed by atoms with van der Waals surface area (Å²) in [6.07, 6.45) is 3.46. The van der Waals surface area contributed by atoms with Crippen LogP contribution in [-0.2, 0) is 7.05 Å². The lowest BCUT2D eigenvalue weighted by atomic mass is 10.1. The Kier molecular flexibility index (Phi) is 4.40. The smallest absolute Gasteiger partial charge is 0.0641 e. The van der Waals surface area contributed by atoms with E-state index in [-0.39, 0.29) is 0 Å². The summed E-state index contributed by atoms with van der Waals surface area (Å²) in [6, 6.07) is 0.398. The van der Waals surface area contributed by atoms with Gasteiger partial charge in [-0.1, -0.05) is 6.92 Å². The molecule has 1 aromatic heterocycles. The zero-order valence-corrected chi connectivity index (χ0v) is 12.1. The Morgan fingerprint density at radius 1 is 1.56 bits per heavy atom. The highest BCUT2D eigenvalue weighted by Crippen LogP contribution is 2.18. The second-order valence-electron chi connectivity index (χ2n) is 5.52. The average Bonchev–Trinajstić information content (AvgIpc) is 2.92. The normalized spacial score (nSPS) is 22.6. The highest BCUT2D eigenvalue weighted by Gasteiger charge is 2.21. The van der Waals surface area contributed by atoms with E-state index in [2.05, 4.69) is 42.3 Å². The molecule has 2 heterocycles. The topological polar surface area (TPSA) is 33.1 Å². The van der Waals surface area contributed by atoms with E-state index >= 15 is 0 Å². The first kappa shape index (κ1) is 13.6. The van der Waals surface area contributed by atoms with Gasteiger partial charge >= 0.3 is 0 Å². The third-order valence-electron chi connectivity index (χ3n) is 4.05. The summed E-state index contributed by atoms with van der Waals surface area (Å²) in [5.41, 5.74) is 2.46. The first-order chi connectivity index (χ1) is 8.60. The van der Waals surface area contributed by atoms with Gasteiger partial charge in [0.1, 0.15) is 0 Å². The molecule has 0 amide bonds. The second-order valence-corrected chi connectivity index (χ2v) is 5.52. The van der Waals surface area contributed by atoms with Crippen LogP contribution in [0.1, 0.15) is 37.6 Å². The molecule has 102 valence electrons. The molecular formula is C14H26N4. The number of aryl methyl sites for hydroxylation is 2. The third kappa shape index (κ3) is 3.12. The summed E-state index contributed by atoms with van der Waals surface area (Å²) < 4.78 is 1.90. The van der Waals surface area contributed by atoms with Gasteiger partial charge in [0.05, 0.1) is 5.69 Å². The van der Waals surface area contributed by atoms with Crippen LogP contribution in [-0.4, -0.2) is 40.9 Å². The van der Waals surface area contributed by atoms with E-state index in [1.54, 1.807) is 0 Å². The van der Waals surface area contributed by atoms with Crippen LogP contribution in [0.15, 0.2) is 6.20 Å². The number of nitrogens with zero attached hydrogens (tertiary/aromatic N) is 3. The molecule has 0 radical (unpaired) electrons. The molecule has 2 rings (SSSR count). The monoisotopic (exact) mass is 250 g/mol. The predicted octanol–water partition coefficient (Wildman–Crippen LogP) is 1.72. The predicted molar refractivity (Wildman–Crippen MR) is 74.6 cm³/mol. The molecule has 0 bridgehead atoms. The summed E-state index contributed by atoms with van der Waals surface area (Å²) >= 11 is 0. The van der Waals surface area contributed by atoms with Crippen LogP contribution in [0.2, 0.25) is 0 Å². The lowest BCUT2D eigenvalue weighted by molar-refractivity contribution is 0.336. The maximum absolute atomic E-state index is 4.41. The highest BCUT2D eigenvalue weighted by molar-refractivity contribution is 5.19. The molecule has 0 aromatic carbocycles. The molecule has 1 aliphatic rings. The quantitative estimate of drug-likeness (QED) is 0.864. The van der Waals surface area contributed by atoms with Crippen molar-refractivity contribution in [1.82, 2.24) is 20.0 Å². The standard InChI is InChI=1S/C14H26N4/c1-5-18-7-6-13(9-18)8-15-11(2)14-10-17(4)16-12(14)3/h10-11,13,15H,5-9H2,1-4H3. The van der Waals surface area contributed by atoms with Crippen molar-refractivity contribution >= 4 is 0 Å². The molecule has 0 saturated carbocycles. The van der Waals surface area contributed by atoms with E-state index < -0.39 is 0 Å². The minimum atomic E-state index is 0.398. The Hall–Kier alpha value is -0.870. The van der Waals surface area contributed by atoms with E-state index in [0.717, 1.165) is 18.2 Å². The fraction of sp³-hybridized carbons (Fsp3) is 0.786. The Morgan fingerprint density at radius 2 is 2.33 bits per heavy atom. The second kappa shape index (κ2) is 5.85. The first-order valence-corrected chi connectivity index (χ1v) is 7.06. The largest absolute Gasteiger partial charge is 0.310 e. The number of hydrogen-bond acceptors (Lipinski definition) is 3. The van der Waals surface area contributed by atoms with E-state index in [1.807, 2.05) is 11.7 Å². The Morgan fingerprint density at radius 3 is 2.89 bits per heavy atom. The van der Waals surface area contributed by atoms with Crippen molar-refractivity contribution in [3.8, 4) is 0 Å². The molecule has 0 spiro atoms. The van der Waals surface area contributed by atoms with E-state index in [9.17, 15) is 0 Å². The van der Waals surface area contributed by atoms with Crippen molar-refractivity contribution in [2.45, 2.75) is 33.2 Å². The van der Waals surface area contributed by atoms with Crippen LogP contribution >= 0.6 is 0 Å². The Balaban J connectivity index is 1.82. The number of aromatic nitrogens is 2. The van der Waals surface area contributed by atoms with E-state index in [4.69, 9.17) is 0 Å². The lowest BCUT2D eigenvalue weighted by Crippen LogP contribution is -2.28. The van der Waals surface area contributed by atoms with Gasteiger partial charge < -0.3 is 10.2 Å². The molecule has 1 N–H and O–H groups in total. The van der Waals surface area contributed by atoms with Crippen molar-refractivity contribution in [3.63, 3.8) is 0 Å². The van der Waals surface area contributed by atoms with Gasteiger partial charge in [-0.25, -0.2) is 0 Å². The minimum Gasteiger partial charge on any atom is -0.310 e. The zero-order chi connectivity index (χ0) is 13.1. The van der Waals surface area contributed by atoms with E-state index in [0.29, 0.717) is 6.04 Å². The van der Waals surface area contributed by atoms with E-state index in [1.165, 1.54) is 31.6 Å². The average molecular weight is 250 g/mol. The summed E-state index contributed by atoms with van der Waals surface area (Å²) in [4.78, 5) is 2.53. The Bertz CT molecular complexity index is 385. The van der Waals surface area contributed by atoms with Crippen molar-refractivity contribution in [2.75, 3.05) is 26.2 Å². The van der Waals surface area contributed by atoms with Crippen molar-refractivity contribution in [1.29, 1.82) is 0 Å². The fourth-order valence-electron chi connectivity index (χ4n) is 2.86. The maximum atomic E-state index is 4.41. The zero-order valence-electron chi connectivity index (χ0n) is 12.1. The summed E-state index contributed by atoms with van der Waals surface area (Å²) in [5, 5.41) is 8.07. The van der Waals surface area contributed by atoms with Crippen molar-refractivity contribution in [3.05, 3.63) is 17.5 Å². The van der Waals surface area contributed by atoms with Crippen LogP contribution in [0.25, 0.3) is 0 Å². The van der Waals surface area contributed by atoms with Gasteiger partial charge in [-0.2, -0.15) is 5.10 Å². The maximum Gasteiger partial charge on any atom is 0.0641 e. The van der Waals surface area contributed by atoms with Gasteiger partial charge in [-0.3, -0.25) is 4.68 Å². The van der Waals surface area contributed by atoms with Gasteiger partial charge in [0.2, 0.25) is 0 Å². The number of likely N-dealkylation sites (tertiary alicyclic amines) is 1. The van der Waals surface area contributed by atoms with Gasteiger partial charge in [0, 0.05) is 31.4 Å². The molecule has 1 aliphatic heterocycles. The highest BCUT2D eigenvalue weighted by atomic mass is 15.3. The summed E-state index contributed by atoms with van der Waals surface area (Å²) in [6.45, 7) is 11.4. The summed E-state index contributed by atoms with van der Waals surface area (Å²) in [7, 11) is 1.99. The van der Waals surface area contributed by atoms with Crippen LogP contribution < -0.4 is 5.32 Å². The summed E-state index contributed by atoms with van der Waals surface area (Å²) in [5.74, 6) is 0.810. The molecule has 4 heteroatoms. The third-order valence-corrected chi connectivity index (χ3v) is 4.05. The van der Waals surface area contributed by atoms with Gasteiger partial charge in [0.25, 0.3) is 0 Å². The molecule has 2 atom stereocenters. The first-order valence-electron chi connectivity index (χ1n) is 7.06. The molecule has 4 nitrogen and oxygen atoms in total. The SMILES string of the molecule is CCN1CCC(CNC(C)c2cn(C)nc2C)C1. The number of nitrogens with one attached hydrogen (secondary N) is 1. The number of rotatable bonds is 5. The van der Waals surface area contributed by atoms with Gasteiger partial charge in [0.15, 0.2) is 0 Å². The number of hydrogen-bond donors (Lipinski definition) is 1. The molecule has 18 heavy (non-hydrogen) atoms. The molecule has 2 unspecified atom stereocenters. The lowest BCUT2D eigenvalue weighted by Gasteiger charge is -2.17. The molecule has 1 saturated heterocycles. The fourth-order valence-corrected chi connectivity index (χ4v) is 2.86. The minimum absolute atomic E-state index is 0.398. The molecule has 1 aromatic rings. The van der Waals surface area contributed by atoms with Crippen molar-refractivity contribution < 1.29 is 0 Å². The van der Waals surface area contributed by atoms with Gasteiger partial charge in [-0.15, -0.1) is 0 Å². The van der Waals surface area contributed by atoms with Crippen molar-refractivity contribution in [2.24, 2.45) is 13.0 Å². The Labute approximate surface area is 110 Å². The van der Waals surface area contributed by atoms with Crippen LogP contribution in [0, 0.1) is 12.8 Å².